The topological polar surface area (TPSA) is 78.0 Å². The van der Waals surface area contributed by atoms with E-state index in [0.29, 0.717) is 63.6 Å². The van der Waals surface area contributed by atoms with E-state index >= 15 is 0 Å². The molecule has 0 radical (unpaired) electrons. The Balaban J connectivity index is 1.36. The summed E-state index contributed by atoms with van der Waals surface area (Å²) in [5.74, 6) is 1.01. The molecule has 3 aromatic rings. The first-order valence-corrected chi connectivity index (χ1v) is 12.0. The molecule has 2 aromatic carbocycles. The lowest BCUT2D eigenvalue weighted by atomic mass is 10.1. The van der Waals surface area contributed by atoms with Crippen LogP contribution in [0, 0.1) is 5.82 Å². The van der Waals surface area contributed by atoms with Crippen LogP contribution in [0.25, 0.3) is 10.9 Å². The number of hydrogen-bond donors (Lipinski definition) is 1. The highest BCUT2D eigenvalue weighted by molar-refractivity contribution is 9.10. The second-order valence-corrected chi connectivity index (χ2v) is 9.37. The van der Waals surface area contributed by atoms with Crippen molar-refractivity contribution in [3.63, 3.8) is 0 Å². The summed E-state index contributed by atoms with van der Waals surface area (Å²) in [5, 5.41) is 4.03. The zero-order valence-electron chi connectivity index (χ0n) is 18.4. The molecule has 2 aliphatic rings. The first-order chi connectivity index (χ1) is 16.5. The number of halogens is 3. The zero-order valence-corrected chi connectivity index (χ0v) is 20.7. The van der Waals surface area contributed by atoms with E-state index in [0.717, 1.165) is 19.7 Å². The highest BCUT2D eigenvalue weighted by atomic mass is 79.9. The van der Waals surface area contributed by atoms with Crippen LogP contribution in [0.4, 0.5) is 15.9 Å². The monoisotopic (exact) mass is 552 g/mol. The van der Waals surface area contributed by atoms with Crippen LogP contribution in [0.5, 0.6) is 11.5 Å². The highest BCUT2D eigenvalue weighted by Gasteiger charge is 2.31. The fourth-order valence-electron chi connectivity index (χ4n) is 4.11. The molecule has 0 amide bonds. The van der Waals surface area contributed by atoms with Crippen molar-refractivity contribution in [2.24, 2.45) is 0 Å². The summed E-state index contributed by atoms with van der Waals surface area (Å²) in [7, 11) is 1.56. The maximum Gasteiger partial charge on any atom is 0.163 e. The third kappa shape index (κ3) is 4.92. The van der Waals surface area contributed by atoms with Crippen molar-refractivity contribution in [1.82, 2.24) is 14.9 Å². The average Bonchev–Trinajstić information content (AvgIpc) is 2.85. The second-order valence-electron chi connectivity index (χ2n) is 8.10. The quantitative estimate of drug-likeness (QED) is 0.450. The predicted octanol–water partition coefficient (Wildman–Crippen LogP) is 4.42. The summed E-state index contributed by atoms with van der Waals surface area (Å²) in [4.78, 5) is 11.0. The van der Waals surface area contributed by atoms with E-state index in [1.165, 1.54) is 18.5 Å². The number of fused-ring (bicyclic) bond motifs is 2. The molecule has 8 nitrogen and oxygen atoms in total. The molecule has 0 aliphatic carbocycles. The van der Waals surface area contributed by atoms with Crippen molar-refractivity contribution < 1.29 is 23.3 Å². The Bertz CT molecular complexity index is 1200. The molecule has 0 bridgehead atoms. The van der Waals surface area contributed by atoms with Gasteiger partial charge in [0, 0.05) is 29.0 Å². The molecule has 1 N–H and O–H groups in total. The fraction of sp³-hybridized carbons (Fsp3) is 0.391. The number of morpholine rings is 2. The number of ether oxygens (including phenoxy) is 4. The number of nitrogens with zero attached hydrogens (tertiary/aromatic N) is 3. The van der Waals surface area contributed by atoms with Crippen LogP contribution in [0.3, 0.4) is 0 Å². The van der Waals surface area contributed by atoms with Crippen LogP contribution < -0.4 is 14.8 Å². The van der Waals surface area contributed by atoms with Gasteiger partial charge in [0.25, 0.3) is 0 Å². The number of anilines is 2. The molecule has 1 aromatic heterocycles. The third-order valence-electron chi connectivity index (χ3n) is 5.92. The predicted molar refractivity (Wildman–Crippen MR) is 130 cm³/mol. The van der Waals surface area contributed by atoms with Gasteiger partial charge in [-0.05, 0) is 34.1 Å². The summed E-state index contributed by atoms with van der Waals surface area (Å²) in [6, 6.07) is 6.66. The second kappa shape index (κ2) is 10.2. The SMILES string of the molecule is COc1cc2c(Nc3cc(Cl)c(Br)cc3F)ncnc2cc1OC[C@H]1CN2CCOC[C@H]2CO1. The van der Waals surface area contributed by atoms with Crippen LogP contribution >= 0.6 is 27.5 Å². The minimum absolute atomic E-state index is 0.0532. The highest BCUT2D eigenvalue weighted by Crippen LogP contribution is 2.36. The molecular weight excluding hydrogens is 531 g/mol. The van der Waals surface area contributed by atoms with Crippen LogP contribution in [-0.2, 0) is 9.47 Å². The minimum Gasteiger partial charge on any atom is -0.493 e. The summed E-state index contributed by atoms with van der Waals surface area (Å²) in [6.45, 7) is 4.15. The summed E-state index contributed by atoms with van der Waals surface area (Å²) < 4.78 is 38.1. The summed E-state index contributed by atoms with van der Waals surface area (Å²) in [6.07, 6.45) is 1.35. The largest absolute Gasteiger partial charge is 0.493 e. The molecule has 5 rings (SSSR count). The van der Waals surface area contributed by atoms with Crippen molar-refractivity contribution in [1.29, 1.82) is 0 Å². The van der Waals surface area contributed by atoms with Crippen LogP contribution in [0.1, 0.15) is 0 Å². The average molecular weight is 554 g/mol. The smallest absolute Gasteiger partial charge is 0.163 e. The van der Waals surface area contributed by atoms with E-state index in [1.807, 2.05) is 0 Å². The van der Waals surface area contributed by atoms with E-state index in [4.69, 9.17) is 30.5 Å². The van der Waals surface area contributed by atoms with Crippen LogP contribution in [0.2, 0.25) is 5.02 Å². The summed E-state index contributed by atoms with van der Waals surface area (Å²) >= 11 is 9.35. The van der Waals surface area contributed by atoms with Gasteiger partial charge in [0.1, 0.15) is 30.7 Å². The van der Waals surface area contributed by atoms with Crippen molar-refractivity contribution >= 4 is 49.9 Å². The molecule has 2 atom stereocenters. The molecule has 2 fully saturated rings. The molecule has 11 heteroatoms. The van der Waals surface area contributed by atoms with E-state index in [9.17, 15) is 4.39 Å². The van der Waals surface area contributed by atoms with Crippen molar-refractivity contribution in [2.45, 2.75) is 12.1 Å². The Morgan fingerprint density at radius 3 is 2.97 bits per heavy atom. The number of rotatable bonds is 6. The molecule has 2 aliphatic heterocycles. The van der Waals surface area contributed by atoms with Gasteiger partial charge in [0.15, 0.2) is 11.5 Å². The maximum absolute atomic E-state index is 14.4. The molecule has 0 saturated carbocycles. The molecule has 3 heterocycles. The van der Waals surface area contributed by atoms with Gasteiger partial charge in [-0.3, -0.25) is 4.90 Å². The molecular formula is C23H23BrClFN4O4. The number of nitrogens with one attached hydrogen (secondary N) is 1. The number of methoxy groups -OCH3 is 1. The van der Waals surface area contributed by atoms with Crippen LogP contribution in [-0.4, -0.2) is 73.6 Å². The summed E-state index contributed by atoms with van der Waals surface area (Å²) in [5.41, 5.74) is 0.818. The van der Waals surface area contributed by atoms with Gasteiger partial charge in [0.05, 0.1) is 49.2 Å². The van der Waals surface area contributed by atoms with Crippen molar-refractivity contribution in [3.8, 4) is 11.5 Å². The number of benzene rings is 2. The van der Waals surface area contributed by atoms with E-state index < -0.39 is 5.82 Å². The lowest BCUT2D eigenvalue weighted by Crippen LogP contribution is -2.56. The standard InChI is InChI=1S/C23H23BrClFN4O4/c1-31-21-4-15-19(27-12-28-23(15)29-20-6-17(25)16(24)5-18(20)26)7-22(21)34-11-14-8-30-2-3-32-9-13(30)10-33-14/h4-7,12-14H,2-3,8-11H2,1H3,(H,27,28,29)/t13-,14+/m0/s1. The first-order valence-electron chi connectivity index (χ1n) is 10.8. The number of hydrogen-bond acceptors (Lipinski definition) is 8. The van der Waals surface area contributed by atoms with Gasteiger partial charge in [-0.25, -0.2) is 14.4 Å². The molecule has 34 heavy (non-hydrogen) atoms. The van der Waals surface area contributed by atoms with Gasteiger partial charge >= 0.3 is 0 Å². The van der Waals surface area contributed by atoms with Gasteiger partial charge in [0.2, 0.25) is 0 Å². The zero-order chi connectivity index (χ0) is 23.7. The van der Waals surface area contributed by atoms with Gasteiger partial charge < -0.3 is 24.3 Å². The Hall–Kier alpha value is -2.24. The Morgan fingerprint density at radius 2 is 2.12 bits per heavy atom. The fourth-order valence-corrected chi connectivity index (χ4v) is 4.59. The number of aromatic nitrogens is 2. The Morgan fingerprint density at radius 1 is 1.24 bits per heavy atom. The van der Waals surface area contributed by atoms with Crippen LogP contribution in [0.15, 0.2) is 35.1 Å². The van der Waals surface area contributed by atoms with E-state index in [-0.39, 0.29) is 11.8 Å². The molecule has 180 valence electrons. The Labute approximate surface area is 209 Å². The minimum atomic E-state index is -0.468. The third-order valence-corrected chi connectivity index (χ3v) is 7.12. The molecule has 0 unspecified atom stereocenters. The molecule has 2 saturated heterocycles. The van der Waals surface area contributed by atoms with Gasteiger partial charge in [-0.2, -0.15) is 0 Å². The first kappa shape index (κ1) is 23.5. The van der Waals surface area contributed by atoms with Crippen molar-refractivity contribution in [2.75, 3.05) is 51.9 Å². The van der Waals surface area contributed by atoms with Gasteiger partial charge in [-0.1, -0.05) is 11.6 Å². The molecule has 0 spiro atoms. The maximum atomic E-state index is 14.4. The lowest BCUT2D eigenvalue weighted by molar-refractivity contribution is -0.124. The Kier molecular flexibility index (Phi) is 7.03. The lowest BCUT2D eigenvalue weighted by Gasteiger charge is -2.41. The normalized spacial score (nSPS) is 20.7. The van der Waals surface area contributed by atoms with E-state index in [1.54, 1.807) is 19.2 Å². The van der Waals surface area contributed by atoms with Crippen molar-refractivity contribution in [3.05, 3.63) is 45.9 Å². The van der Waals surface area contributed by atoms with Gasteiger partial charge in [-0.15, -0.1) is 0 Å². The van der Waals surface area contributed by atoms with E-state index in [2.05, 4.69) is 36.1 Å².